The summed E-state index contributed by atoms with van der Waals surface area (Å²) < 4.78 is 0. The van der Waals surface area contributed by atoms with E-state index in [0.717, 1.165) is 0 Å². The minimum atomic E-state index is -1.00. The van der Waals surface area contributed by atoms with Crippen LogP contribution in [0.15, 0.2) is 24.3 Å². The number of nitrogens with zero attached hydrogens (tertiary/aromatic N) is 1. The van der Waals surface area contributed by atoms with Gasteiger partial charge in [0.15, 0.2) is 0 Å². The van der Waals surface area contributed by atoms with Gasteiger partial charge in [-0.2, -0.15) is 0 Å². The summed E-state index contributed by atoms with van der Waals surface area (Å²) in [5.41, 5.74) is 3.80. The third-order valence-corrected chi connectivity index (χ3v) is 3.29. The normalized spacial score (nSPS) is 22.8. The highest BCUT2D eigenvalue weighted by atomic mass is 16.4. The first-order valence-corrected chi connectivity index (χ1v) is 6.09. The van der Waals surface area contributed by atoms with E-state index in [4.69, 9.17) is 10.2 Å². The number of aliphatic hydroxyl groups excluding tert-OH is 1. The van der Waals surface area contributed by atoms with E-state index in [2.05, 4.69) is 5.43 Å². The number of rotatable bonds is 4. The Morgan fingerprint density at radius 1 is 1.37 bits per heavy atom. The van der Waals surface area contributed by atoms with Crippen LogP contribution in [0, 0.1) is 5.92 Å². The van der Waals surface area contributed by atoms with Crippen molar-refractivity contribution in [1.29, 1.82) is 0 Å². The maximum Gasteiger partial charge on any atom is 0.335 e. The van der Waals surface area contributed by atoms with Gasteiger partial charge >= 0.3 is 5.97 Å². The molecule has 0 aliphatic carbocycles. The van der Waals surface area contributed by atoms with Crippen molar-refractivity contribution in [3.8, 4) is 0 Å². The summed E-state index contributed by atoms with van der Waals surface area (Å²) in [6, 6.07) is 6.02. The van der Waals surface area contributed by atoms with Gasteiger partial charge in [0.05, 0.1) is 17.2 Å². The van der Waals surface area contributed by atoms with Gasteiger partial charge in [0.2, 0.25) is 5.91 Å². The highest BCUT2D eigenvalue weighted by molar-refractivity contribution is 5.97. The highest BCUT2D eigenvalue weighted by Gasteiger charge is 2.37. The van der Waals surface area contributed by atoms with Gasteiger partial charge in [0.1, 0.15) is 0 Å². The van der Waals surface area contributed by atoms with E-state index >= 15 is 0 Å². The van der Waals surface area contributed by atoms with Gasteiger partial charge in [-0.1, -0.05) is 0 Å². The van der Waals surface area contributed by atoms with Crippen molar-refractivity contribution >= 4 is 17.6 Å². The first kappa shape index (κ1) is 13.5. The van der Waals surface area contributed by atoms with Gasteiger partial charge in [0.25, 0.3) is 0 Å². The van der Waals surface area contributed by atoms with Crippen LogP contribution in [0.2, 0.25) is 0 Å². The monoisotopic (exact) mass is 264 g/mol. The number of carbonyl (C=O) groups excluding carboxylic acids is 1. The topological polar surface area (TPSA) is 89.9 Å². The minimum Gasteiger partial charge on any atom is -0.478 e. The molecule has 6 heteroatoms. The molecular formula is C13H16N2O4. The maximum absolute atomic E-state index is 12.2. The first-order chi connectivity index (χ1) is 9.04. The molecule has 2 atom stereocenters. The van der Waals surface area contributed by atoms with E-state index in [1.54, 1.807) is 12.1 Å². The Morgan fingerprint density at radius 3 is 2.53 bits per heavy atom. The SMILES string of the molecule is CC1NN(c2ccc(C(=O)O)cc2)C(=O)C1CCO. The van der Waals surface area contributed by atoms with Gasteiger partial charge < -0.3 is 10.2 Å². The second-order valence-electron chi connectivity index (χ2n) is 4.56. The van der Waals surface area contributed by atoms with Crippen molar-refractivity contribution in [3.63, 3.8) is 0 Å². The van der Waals surface area contributed by atoms with Crippen LogP contribution < -0.4 is 10.4 Å². The predicted octanol–water partition coefficient (Wildman–Crippen LogP) is 0.623. The van der Waals surface area contributed by atoms with Crippen LogP contribution in [0.5, 0.6) is 0 Å². The fourth-order valence-electron chi connectivity index (χ4n) is 2.20. The first-order valence-electron chi connectivity index (χ1n) is 6.09. The zero-order valence-electron chi connectivity index (χ0n) is 10.5. The average Bonchev–Trinajstić information content (AvgIpc) is 2.67. The van der Waals surface area contributed by atoms with Crippen LogP contribution in [0.3, 0.4) is 0 Å². The second-order valence-corrected chi connectivity index (χ2v) is 4.56. The molecule has 1 aromatic rings. The van der Waals surface area contributed by atoms with E-state index < -0.39 is 5.97 Å². The third-order valence-electron chi connectivity index (χ3n) is 3.29. The van der Waals surface area contributed by atoms with E-state index in [9.17, 15) is 9.59 Å². The van der Waals surface area contributed by atoms with Crippen molar-refractivity contribution in [2.24, 2.45) is 5.92 Å². The number of benzene rings is 1. The number of hydrogen-bond acceptors (Lipinski definition) is 4. The van der Waals surface area contributed by atoms with Crippen LogP contribution in [-0.2, 0) is 4.79 Å². The molecular weight excluding hydrogens is 248 g/mol. The molecule has 102 valence electrons. The lowest BCUT2D eigenvalue weighted by Gasteiger charge is -2.16. The summed E-state index contributed by atoms with van der Waals surface area (Å²) in [5.74, 6) is -1.37. The summed E-state index contributed by atoms with van der Waals surface area (Å²) in [7, 11) is 0. The molecule has 0 saturated carbocycles. The lowest BCUT2D eigenvalue weighted by Crippen LogP contribution is -2.36. The molecule has 0 aromatic heterocycles. The number of nitrogens with one attached hydrogen (secondary N) is 1. The molecule has 1 aromatic carbocycles. The van der Waals surface area contributed by atoms with Crippen LogP contribution >= 0.6 is 0 Å². The fraction of sp³-hybridized carbons (Fsp3) is 0.385. The molecule has 19 heavy (non-hydrogen) atoms. The molecule has 0 radical (unpaired) electrons. The number of hydrogen-bond donors (Lipinski definition) is 3. The Morgan fingerprint density at radius 2 is 2.00 bits per heavy atom. The molecule has 0 spiro atoms. The zero-order valence-corrected chi connectivity index (χ0v) is 10.5. The number of carboxylic acids is 1. The molecule has 1 aliphatic heterocycles. The van der Waals surface area contributed by atoms with Crippen LogP contribution in [-0.4, -0.2) is 34.7 Å². The Labute approximate surface area is 110 Å². The molecule has 2 unspecified atom stereocenters. The molecule has 1 heterocycles. The highest BCUT2D eigenvalue weighted by Crippen LogP contribution is 2.25. The summed E-state index contributed by atoms with van der Waals surface area (Å²) >= 11 is 0. The van der Waals surface area contributed by atoms with E-state index in [1.165, 1.54) is 17.1 Å². The summed E-state index contributed by atoms with van der Waals surface area (Å²) in [5, 5.41) is 19.2. The molecule has 0 bridgehead atoms. The van der Waals surface area contributed by atoms with Crippen LogP contribution in [0.4, 0.5) is 5.69 Å². The molecule has 1 amide bonds. The van der Waals surface area contributed by atoms with Gasteiger partial charge in [-0.3, -0.25) is 4.79 Å². The Bertz CT molecular complexity index is 486. The fourth-order valence-corrected chi connectivity index (χ4v) is 2.20. The molecule has 6 nitrogen and oxygen atoms in total. The van der Waals surface area contributed by atoms with Crippen molar-refractivity contribution < 1.29 is 19.8 Å². The van der Waals surface area contributed by atoms with Crippen molar-refractivity contribution in [3.05, 3.63) is 29.8 Å². The lowest BCUT2D eigenvalue weighted by atomic mass is 9.99. The number of aromatic carboxylic acids is 1. The van der Waals surface area contributed by atoms with Crippen LogP contribution in [0.25, 0.3) is 0 Å². The number of hydrazine groups is 1. The van der Waals surface area contributed by atoms with E-state index in [0.29, 0.717) is 12.1 Å². The van der Waals surface area contributed by atoms with Gasteiger partial charge in [-0.15, -0.1) is 0 Å². The minimum absolute atomic E-state index is 0.0335. The quantitative estimate of drug-likeness (QED) is 0.742. The Kier molecular flexibility index (Phi) is 3.82. The summed E-state index contributed by atoms with van der Waals surface area (Å²) in [6.45, 7) is 1.85. The van der Waals surface area contributed by atoms with Crippen LogP contribution in [0.1, 0.15) is 23.7 Å². The molecule has 2 rings (SSSR count). The van der Waals surface area contributed by atoms with Crippen molar-refractivity contribution in [1.82, 2.24) is 5.43 Å². The van der Waals surface area contributed by atoms with Gasteiger partial charge in [-0.05, 0) is 37.6 Å². The van der Waals surface area contributed by atoms with Crippen molar-refractivity contribution in [2.75, 3.05) is 11.6 Å². The standard InChI is InChI=1S/C13H16N2O4/c1-8-11(6-7-16)12(17)15(14-8)10-4-2-9(3-5-10)13(18)19/h2-5,8,11,14,16H,6-7H2,1H3,(H,18,19). The Balaban J connectivity index is 2.18. The predicted molar refractivity (Wildman–Crippen MR) is 68.7 cm³/mol. The van der Waals surface area contributed by atoms with E-state index in [1.807, 2.05) is 6.92 Å². The molecule has 1 saturated heterocycles. The maximum atomic E-state index is 12.2. The summed E-state index contributed by atoms with van der Waals surface area (Å²) in [4.78, 5) is 22.9. The van der Waals surface area contributed by atoms with Crippen molar-refractivity contribution in [2.45, 2.75) is 19.4 Å². The molecule has 1 aliphatic rings. The molecule has 1 fully saturated rings. The number of aliphatic hydroxyl groups is 1. The largest absolute Gasteiger partial charge is 0.478 e. The number of anilines is 1. The van der Waals surface area contributed by atoms with E-state index in [-0.39, 0.29) is 30.0 Å². The second kappa shape index (κ2) is 5.38. The Hall–Kier alpha value is -1.92. The average molecular weight is 264 g/mol. The smallest absolute Gasteiger partial charge is 0.335 e. The number of carbonyl (C=O) groups is 2. The number of carboxylic acid groups (broad SMARTS) is 1. The van der Waals surface area contributed by atoms with Gasteiger partial charge in [-0.25, -0.2) is 15.2 Å². The lowest BCUT2D eigenvalue weighted by molar-refractivity contribution is -0.121. The van der Waals surface area contributed by atoms with Gasteiger partial charge in [0, 0.05) is 12.6 Å². The molecule has 3 N–H and O–H groups in total. The number of amides is 1. The third kappa shape index (κ3) is 2.59. The zero-order chi connectivity index (χ0) is 14.0. The summed E-state index contributed by atoms with van der Waals surface area (Å²) in [6.07, 6.45) is 0.413.